The standard InChI is InChI=1S/C23H26N6O2/c1-15-12-16(2)29(27-15)20-8-5-17(6-9-20)23(31)26-19-7-10-21(25-13-19)28-11-3-4-18(14-28)22(24)30/h5-10,12-13,18H,3-4,11,14H2,1-2H3,(H2,24,30)(H,26,31). The van der Waals surface area contributed by atoms with Crippen LogP contribution < -0.4 is 16.0 Å². The first-order valence-corrected chi connectivity index (χ1v) is 10.4. The highest BCUT2D eigenvalue weighted by atomic mass is 16.2. The number of amides is 2. The van der Waals surface area contributed by atoms with Gasteiger partial charge in [-0.3, -0.25) is 9.59 Å². The minimum atomic E-state index is -0.266. The van der Waals surface area contributed by atoms with Gasteiger partial charge in [-0.2, -0.15) is 5.10 Å². The average molecular weight is 419 g/mol. The van der Waals surface area contributed by atoms with Crippen molar-refractivity contribution in [2.45, 2.75) is 26.7 Å². The van der Waals surface area contributed by atoms with Crippen molar-refractivity contribution in [2.75, 3.05) is 23.3 Å². The number of piperidine rings is 1. The summed E-state index contributed by atoms with van der Waals surface area (Å²) >= 11 is 0. The Morgan fingerprint density at radius 3 is 2.52 bits per heavy atom. The van der Waals surface area contributed by atoms with Crippen LogP contribution in [-0.2, 0) is 4.79 Å². The number of carbonyl (C=O) groups is 2. The van der Waals surface area contributed by atoms with E-state index in [-0.39, 0.29) is 17.7 Å². The highest BCUT2D eigenvalue weighted by Crippen LogP contribution is 2.22. The Labute approximate surface area is 181 Å². The van der Waals surface area contributed by atoms with Crippen LogP contribution >= 0.6 is 0 Å². The van der Waals surface area contributed by atoms with Crippen LogP contribution in [0.15, 0.2) is 48.7 Å². The molecule has 4 rings (SSSR count). The van der Waals surface area contributed by atoms with Crippen molar-refractivity contribution >= 4 is 23.3 Å². The highest BCUT2D eigenvalue weighted by molar-refractivity contribution is 6.04. The van der Waals surface area contributed by atoms with Crippen molar-refractivity contribution < 1.29 is 9.59 Å². The molecule has 2 aromatic heterocycles. The highest BCUT2D eigenvalue weighted by Gasteiger charge is 2.24. The summed E-state index contributed by atoms with van der Waals surface area (Å²) < 4.78 is 1.85. The number of carbonyl (C=O) groups excluding carboxylic acids is 2. The number of rotatable bonds is 5. The normalized spacial score (nSPS) is 16.2. The van der Waals surface area contributed by atoms with Crippen molar-refractivity contribution in [1.29, 1.82) is 0 Å². The van der Waals surface area contributed by atoms with E-state index in [0.29, 0.717) is 17.8 Å². The summed E-state index contributed by atoms with van der Waals surface area (Å²) in [5, 5.41) is 7.34. The summed E-state index contributed by atoms with van der Waals surface area (Å²) in [5.74, 6) is 0.157. The van der Waals surface area contributed by atoms with Crippen LogP contribution in [0.5, 0.6) is 0 Å². The molecule has 1 aromatic carbocycles. The summed E-state index contributed by atoms with van der Waals surface area (Å²) in [7, 11) is 0. The molecule has 1 aliphatic rings. The first-order valence-electron chi connectivity index (χ1n) is 10.4. The lowest BCUT2D eigenvalue weighted by Gasteiger charge is -2.32. The summed E-state index contributed by atoms with van der Waals surface area (Å²) in [6.07, 6.45) is 3.35. The number of primary amides is 1. The van der Waals surface area contributed by atoms with Gasteiger partial charge >= 0.3 is 0 Å². The number of anilines is 2. The maximum atomic E-state index is 12.6. The van der Waals surface area contributed by atoms with Gasteiger partial charge in [-0.25, -0.2) is 9.67 Å². The predicted octanol–water partition coefficient (Wildman–Crippen LogP) is 2.84. The first-order chi connectivity index (χ1) is 14.9. The molecule has 1 atom stereocenters. The molecule has 3 aromatic rings. The van der Waals surface area contributed by atoms with Gasteiger partial charge in [0.2, 0.25) is 5.91 Å². The molecule has 3 heterocycles. The van der Waals surface area contributed by atoms with Gasteiger partial charge in [0.25, 0.3) is 5.91 Å². The van der Waals surface area contributed by atoms with Gasteiger partial charge in [0.15, 0.2) is 0 Å². The molecule has 8 nitrogen and oxygen atoms in total. The fourth-order valence-electron chi connectivity index (χ4n) is 3.91. The van der Waals surface area contributed by atoms with E-state index in [1.54, 1.807) is 18.3 Å². The van der Waals surface area contributed by atoms with Crippen LogP contribution in [0.2, 0.25) is 0 Å². The Hall–Kier alpha value is -3.68. The van der Waals surface area contributed by atoms with Gasteiger partial charge in [0, 0.05) is 24.3 Å². The SMILES string of the molecule is Cc1cc(C)n(-c2ccc(C(=O)Nc3ccc(N4CCCC(C(N)=O)C4)nc3)cc2)n1. The van der Waals surface area contributed by atoms with E-state index in [9.17, 15) is 9.59 Å². The molecular formula is C23H26N6O2. The average Bonchev–Trinajstić information content (AvgIpc) is 3.12. The van der Waals surface area contributed by atoms with Gasteiger partial charge in [0.1, 0.15) is 5.82 Å². The number of nitrogens with two attached hydrogens (primary N) is 1. The van der Waals surface area contributed by atoms with E-state index in [1.165, 1.54) is 0 Å². The van der Waals surface area contributed by atoms with E-state index in [1.807, 2.05) is 48.9 Å². The lowest BCUT2D eigenvalue weighted by molar-refractivity contribution is -0.122. The molecule has 8 heteroatoms. The van der Waals surface area contributed by atoms with Gasteiger partial charge in [-0.15, -0.1) is 0 Å². The van der Waals surface area contributed by atoms with Crippen LogP contribution in [0, 0.1) is 19.8 Å². The first kappa shape index (κ1) is 20.6. The van der Waals surface area contributed by atoms with Crippen molar-refractivity contribution in [1.82, 2.24) is 14.8 Å². The summed E-state index contributed by atoms with van der Waals surface area (Å²) in [5.41, 5.74) is 9.51. The number of benzene rings is 1. The summed E-state index contributed by atoms with van der Waals surface area (Å²) in [6, 6.07) is 13.0. The van der Waals surface area contributed by atoms with Crippen LogP contribution in [-0.4, -0.2) is 39.7 Å². The third-order valence-electron chi connectivity index (χ3n) is 5.54. The van der Waals surface area contributed by atoms with Gasteiger partial charge in [-0.1, -0.05) is 0 Å². The summed E-state index contributed by atoms with van der Waals surface area (Å²) in [6.45, 7) is 5.36. The Bertz CT molecular complexity index is 1090. The van der Waals surface area contributed by atoms with Crippen molar-refractivity contribution in [3.8, 4) is 5.69 Å². The number of hydrogen-bond donors (Lipinski definition) is 2. The molecule has 31 heavy (non-hydrogen) atoms. The molecule has 0 aliphatic carbocycles. The summed E-state index contributed by atoms with van der Waals surface area (Å²) in [4.78, 5) is 30.6. The minimum absolute atomic E-state index is 0.146. The minimum Gasteiger partial charge on any atom is -0.369 e. The van der Waals surface area contributed by atoms with Gasteiger partial charge in [0.05, 0.1) is 29.2 Å². The lowest BCUT2D eigenvalue weighted by Crippen LogP contribution is -2.41. The molecule has 1 unspecified atom stereocenters. The van der Waals surface area contributed by atoms with Crippen LogP contribution in [0.3, 0.4) is 0 Å². The molecule has 0 radical (unpaired) electrons. The molecule has 0 bridgehead atoms. The zero-order valence-electron chi connectivity index (χ0n) is 17.7. The molecule has 1 saturated heterocycles. The van der Waals surface area contributed by atoms with E-state index >= 15 is 0 Å². The van der Waals surface area contributed by atoms with E-state index in [0.717, 1.165) is 42.3 Å². The number of nitrogens with zero attached hydrogens (tertiary/aromatic N) is 4. The maximum Gasteiger partial charge on any atom is 0.255 e. The Balaban J connectivity index is 1.40. The fraction of sp³-hybridized carbons (Fsp3) is 0.304. The Kier molecular flexibility index (Phi) is 5.70. The third kappa shape index (κ3) is 4.58. The Morgan fingerprint density at radius 2 is 1.90 bits per heavy atom. The number of hydrogen-bond acceptors (Lipinski definition) is 5. The van der Waals surface area contributed by atoms with E-state index < -0.39 is 0 Å². The topological polar surface area (TPSA) is 106 Å². The second kappa shape index (κ2) is 8.59. The maximum absolute atomic E-state index is 12.6. The number of nitrogens with one attached hydrogen (secondary N) is 1. The quantitative estimate of drug-likeness (QED) is 0.663. The molecular weight excluding hydrogens is 392 g/mol. The largest absolute Gasteiger partial charge is 0.369 e. The van der Waals surface area contributed by atoms with Crippen LogP contribution in [0.4, 0.5) is 11.5 Å². The molecule has 2 amide bonds. The number of pyridine rings is 1. The zero-order valence-corrected chi connectivity index (χ0v) is 17.7. The monoisotopic (exact) mass is 418 g/mol. The number of aryl methyl sites for hydroxylation is 2. The molecule has 1 fully saturated rings. The molecule has 3 N–H and O–H groups in total. The zero-order chi connectivity index (χ0) is 22.0. The van der Waals surface area contributed by atoms with E-state index in [4.69, 9.17) is 5.73 Å². The predicted molar refractivity (Wildman–Crippen MR) is 119 cm³/mol. The Morgan fingerprint density at radius 1 is 1.13 bits per heavy atom. The van der Waals surface area contributed by atoms with Crippen LogP contribution in [0.25, 0.3) is 5.69 Å². The van der Waals surface area contributed by atoms with Crippen molar-refractivity contribution in [3.63, 3.8) is 0 Å². The van der Waals surface area contributed by atoms with E-state index in [2.05, 4.69) is 20.3 Å². The molecule has 0 spiro atoms. The third-order valence-corrected chi connectivity index (χ3v) is 5.54. The molecule has 160 valence electrons. The number of aromatic nitrogens is 3. The van der Waals surface area contributed by atoms with Crippen molar-refractivity contribution in [3.05, 3.63) is 65.6 Å². The second-order valence-electron chi connectivity index (χ2n) is 7.93. The van der Waals surface area contributed by atoms with Crippen LogP contribution in [0.1, 0.15) is 34.6 Å². The fourth-order valence-corrected chi connectivity index (χ4v) is 3.91. The molecule has 1 aliphatic heterocycles. The second-order valence-corrected chi connectivity index (χ2v) is 7.93. The lowest BCUT2D eigenvalue weighted by atomic mass is 9.97. The molecule has 0 saturated carbocycles. The van der Waals surface area contributed by atoms with Crippen molar-refractivity contribution in [2.24, 2.45) is 11.7 Å². The van der Waals surface area contributed by atoms with Gasteiger partial charge in [-0.05, 0) is 69.2 Å². The smallest absolute Gasteiger partial charge is 0.255 e. The van der Waals surface area contributed by atoms with Gasteiger partial charge < -0.3 is 16.0 Å².